The Kier molecular flexibility index (Phi) is 5.80. The van der Waals surface area contributed by atoms with Crippen LogP contribution < -0.4 is 13.9 Å². The number of anilines is 2. The van der Waals surface area contributed by atoms with Crippen molar-refractivity contribution in [3.05, 3.63) is 34.8 Å². The van der Waals surface area contributed by atoms with Gasteiger partial charge < -0.3 is 14.5 Å². The summed E-state index contributed by atoms with van der Waals surface area (Å²) in [6, 6.07) is 7.87. The zero-order chi connectivity index (χ0) is 20.5. The molecule has 0 bridgehead atoms. The lowest BCUT2D eigenvalue weighted by Crippen LogP contribution is -2.48. The van der Waals surface area contributed by atoms with Crippen molar-refractivity contribution < 1.29 is 17.9 Å². The van der Waals surface area contributed by atoms with Gasteiger partial charge in [0.15, 0.2) is 5.13 Å². The normalized spacial score (nSPS) is 14.9. The van der Waals surface area contributed by atoms with Gasteiger partial charge in [0.2, 0.25) is 10.0 Å². The fourth-order valence-corrected chi connectivity index (χ4v) is 4.71. The molecule has 1 aromatic heterocycles. The van der Waals surface area contributed by atoms with E-state index in [-0.39, 0.29) is 5.91 Å². The number of benzene rings is 1. The molecule has 0 N–H and O–H groups in total. The van der Waals surface area contributed by atoms with E-state index in [1.807, 2.05) is 24.3 Å². The van der Waals surface area contributed by atoms with Crippen LogP contribution in [0.3, 0.4) is 0 Å². The lowest BCUT2D eigenvalue weighted by molar-refractivity contribution is 0.0750. The van der Waals surface area contributed by atoms with Crippen LogP contribution in [0.1, 0.15) is 15.4 Å². The molecule has 0 aliphatic carbocycles. The molecule has 1 fully saturated rings. The van der Waals surface area contributed by atoms with E-state index >= 15 is 0 Å². The standard InChI is InChI=1S/C18H24N4O4S2/c1-13-16(27-18(19-13)20(2)28(4,24)25)17(23)22-11-9-21(10-12-22)14-5-7-15(26-3)8-6-14/h5-8H,9-12H2,1-4H3. The molecule has 0 unspecified atom stereocenters. The number of piperazine rings is 1. The summed E-state index contributed by atoms with van der Waals surface area (Å²) < 4.78 is 29.7. The van der Waals surface area contributed by atoms with E-state index < -0.39 is 10.0 Å². The molecule has 2 heterocycles. The van der Waals surface area contributed by atoms with Crippen LogP contribution >= 0.6 is 11.3 Å². The molecule has 1 aliphatic rings. The molecule has 10 heteroatoms. The highest BCUT2D eigenvalue weighted by molar-refractivity contribution is 7.92. The molecular weight excluding hydrogens is 400 g/mol. The summed E-state index contributed by atoms with van der Waals surface area (Å²) in [5.74, 6) is 0.714. The summed E-state index contributed by atoms with van der Waals surface area (Å²) in [7, 11) is -0.333. The summed E-state index contributed by atoms with van der Waals surface area (Å²) in [6.45, 7) is 4.38. The molecule has 0 atom stereocenters. The van der Waals surface area contributed by atoms with E-state index in [4.69, 9.17) is 4.74 Å². The number of thiazole rings is 1. The van der Waals surface area contributed by atoms with Crippen LogP contribution in [0.5, 0.6) is 5.75 Å². The Hall–Kier alpha value is -2.33. The topological polar surface area (TPSA) is 83.0 Å². The van der Waals surface area contributed by atoms with Crippen molar-refractivity contribution in [1.82, 2.24) is 9.88 Å². The lowest BCUT2D eigenvalue weighted by Gasteiger charge is -2.36. The lowest BCUT2D eigenvalue weighted by atomic mass is 10.2. The molecule has 28 heavy (non-hydrogen) atoms. The van der Waals surface area contributed by atoms with Gasteiger partial charge in [-0.1, -0.05) is 11.3 Å². The third kappa shape index (κ3) is 4.22. The van der Waals surface area contributed by atoms with E-state index in [0.29, 0.717) is 28.8 Å². The highest BCUT2D eigenvalue weighted by atomic mass is 32.2. The summed E-state index contributed by atoms with van der Waals surface area (Å²) in [5.41, 5.74) is 1.65. The average Bonchev–Trinajstić information content (AvgIpc) is 3.07. The Morgan fingerprint density at radius 1 is 1.18 bits per heavy atom. The highest BCUT2D eigenvalue weighted by Crippen LogP contribution is 2.28. The van der Waals surface area contributed by atoms with Crippen molar-refractivity contribution >= 4 is 38.1 Å². The van der Waals surface area contributed by atoms with Crippen molar-refractivity contribution in [2.24, 2.45) is 0 Å². The minimum Gasteiger partial charge on any atom is -0.497 e. The van der Waals surface area contributed by atoms with E-state index in [9.17, 15) is 13.2 Å². The van der Waals surface area contributed by atoms with Gasteiger partial charge in [-0.25, -0.2) is 17.7 Å². The quantitative estimate of drug-likeness (QED) is 0.728. The SMILES string of the molecule is COc1ccc(N2CCN(C(=O)c3sc(N(C)S(C)(=O)=O)nc3C)CC2)cc1. The van der Waals surface area contributed by atoms with Gasteiger partial charge in [-0.05, 0) is 31.2 Å². The van der Waals surface area contributed by atoms with Gasteiger partial charge in [-0.3, -0.25) is 4.79 Å². The van der Waals surface area contributed by atoms with Crippen molar-refractivity contribution in [1.29, 1.82) is 0 Å². The molecule has 0 radical (unpaired) electrons. The van der Waals surface area contributed by atoms with E-state index in [2.05, 4.69) is 9.88 Å². The van der Waals surface area contributed by atoms with Crippen LogP contribution in [0.15, 0.2) is 24.3 Å². The predicted octanol–water partition coefficient (Wildman–Crippen LogP) is 1.82. The third-order valence-corrected chi connectivity index (χ3v) is 7.26. The van der Waals surface area contributed by atoms with Crippen LogP contribution in [-0.4, -0.2) is 70.8 Å². The monoisotopic (exact) mass is 424 g/mol. The maximum Gasteiger partial charge on any atom is 0.266 e. The van der Waals surface area contributed by atoms with Crippen molar-refractivity contribution in [3.8, 4) is 5.75 Å². The van der Waals surface area contributed by atoms with Gasteiger partial charge >= 0.3 is 0 Å². The first-order valence-electron chi connectivity index (χ1n) is 8.80. The number of hydrogen-bond donors (Lipinski definition) is 0. The van der Waals surface area contributed by atoms with E-state index in [1.54, 1.807) is 18.9 Å². The summed E-state index contributed by atoms with van der Waals surface area (Å²) in [6.07, 6.45) is 1.11. The number of aryl methyl sites for hydroxylation is 1. The van der Waals surface area contributed by atoms with Gasteiger partial charge in [0.1, 0.15) is 10.6 Å². The molecule has 1 aromatic carbocycles. The Balaban J connectivity index is 1.67. The van der Waals surface area contributed by atoms with Crippen LogP contribution in [0.25, 0.3) is 0 Å². The second-order valence-electron chi connectivity index (χ2n) is 6.62. The maximum absolute atomic E-state index is 12.9. The number of sulfonamides is 1. The number of carbonyl (C=O) groups is 1. The molecule has 0 spiro atoms. The number of carbonyl (C=O) groups excluding carboxylic acids is 1. The summed E-state index contributed by atoms with van der Waals surface area (Å²) in [4.78, 5) is 21.7. The minimum atomic E-state index is -3.41. The molecule has 2 aromatic rings. The zero-order valence-electron chi connectivity index (χ0n) is 16.4. The molecule has 152 valence electrons. The first-order chi connectivity index (χ1) is 13.2. The van der Waals surface area contributed by atoms with Gasteiger partial charge in [-0.2, -0.15) is 0 Å². The van der Waals surface area contributed by atoms with Crippen LogP contribution in [-0.2, 0) is 10.0 Å². The van der Waals surface area contributed by atoms with Gasteiger partial charge in [0.05, 0.1) is 19.1 Å². The third-order valence-electron chi connectivity index (χ3n) is 4.75. The molecule has 1 amide bonds. The Bertz CT molecular complexity index is 948. The fraction of sp³-hybridized carbons (Fsp3) is 0.444. The number of methoxy groups -OCH3 is 1. The molecule has 3 rings (SSSR count). The van der Waals surface area contributed by atoms with Crippen LogP contribution in [0, 0.1) is 6.92 Å². The Morgan fingerprint density at radius 2 is 1.79 bits per heavy atom. The Morgan fingerprint density at radius 3 is 2.32 bits per heavy atom. The number of amides is 1. The molecular formula is C18H24N4O4S2. The number of aromatic nitrogens is 1. The highest BCUT2D eigenvalue weighted by Gasteiger charge is 2.27. The van der Waals surface area contributed by atoms with Gasteiger partial charge in [-0.15, -0.1) is 0 Å². The predicted molar refractivity (Wildman–Crippen MR) is 111 cm³/mol. The van der Waals surface area contributed by atoms with Gasteiger partial charge in [0, 0.05) is 38.9 Å². The number of ether oxygens (including phenoxy) is 1. The maximum atomic E-state index is 12.9. The van der Waals surface area contributed by atoms with E-state index in [0.717, 1.165) is 46.4 Å². The second kappa shape index (κ2) is 7.96. The molecule has 0 saturated carbocycles. The van der Waals surface area contributed by atoms with Gasteiger partial charge in [0.25, 0.3) is 5.91 Å². The zero-order valence-corrected chi connectivity index (χ0v) is 18.0. The van der Waals surface area contributed by atoms with Crippen LogP contribution in [0.4, 0.5) is 10.8 Å². The first kappa shape index (κ1) is 20.4. The fourth-order valence-electron chi connectivity index (χ4n) is 2.96. The van der Waals surface area contributed by atoms with Crippen molar-refractivity contribution in [2.45, 2.75) is 6.92 Å². The van der Waals surface area contributed by atoms with Crippen molar-refractivity contribution in [2.75, 3.05) is 55.8 Å². The minimum absolute atomic E-state index is 0.0995. The number of nitrogens with zero attached hydrogens (tertiary/aromatic N) is 4. The molecule has 1 saturated heterocycles. The largest absolute Gasteiger partial charge is 0.497 e. The summed E-state index contributed by atoms with van der Waals surface area (Å²) in [5, 5.41) is 0.306. The average molecular weight is 425 g/mol. The second-order valence-corrected chi connectivity index (χ2v) is 9.61. The molecule has 8 nitrogen and oxygen atoms in total. The van der Waals surface area contributed by atoms with E-state index in [1.165, 1.54) is 7.05 Å². The number of rotatable bonds is 5. The summed E-state index contributed by atoms with van der Waals surface area (Å²) >= 11 is 1.11. The first-order valence-corrected chi connectivity index (χ1v) is 11.5. The number of hydrogen-bond acceptors (Lipinski definition) is 7. The Labute approximate surface area is 169 Å². The van der Waals surface area contributed by atoms with Crippen molar-refractivity contribution in [3.63, 3.8) is 0 Å². The molecule has 1 aliphatic heterocycles. The smallest absolute Gasteiger partial charge is 0.266 e. The van der Waals surface area contributed by atoms with Crippen LogP contribution in [0.2, 0.25) is 0 Å².